The second-order valence-electron chi connectivity index (χ2n) is 17.0. The van der Waals surface area contributed by atoms with Crippen molar-refractivity contribution in [2.24, 2.45) is 10.8 Å². The van der Waals surface area contributed by atoms with Gasteiger partial charge in [0.05, 0.1) is 19.6 Å². The standard InChI is InChI=1S/C47H83NO6/c1-9-11-13-15-23-29-35-43(49)52-37-31-25-19-17-21-27-33-42(54-45(51)39-46(3,4)40-47(5,6)41-48(7)8)34-28-22-18-20-26-32-38-53-44(50)36-30-24-16-14-12-10-2/h13-16,29-30,35-36,42H,9-12,17-28,31-34,37-41H2,1-8H3/b15-13-,16-14-,35-29-,36-30-. The quantitative estimate of drug-likeness (QED) is 0.0209. The average molecular weight is 758 g/mol. The van der Waals surface area contributed by atoms with Gasteiger partial charge in [-0.3, -0.25) is 4.79 Å². The topological polar surface area (TPSA) is 82.1 Å². The number of nitrogens with zero attached hydrogens (tertiary/aromatic N) is 1. The molecule has 0 bridgehead atoms. The summed E-state index contributed by atoms with van der Waals surface area (Å²) in [4.78, 5) is 39.2. The fourth-order valence-electron chi connectivity index (χ4n) is 7.20. The maximum atomic E-state index is 13.2. The molecule has 0 spiro atoms. The van der Waals surface area contributed by atoms with Crippen molar-refractivity contribution in [1.82, 2.24) is 4.90 Å². The second kappa shape index (κ2) is 33.6. The van der Waals surface area contributed by atoms with E-state index in [4.69, 9.17) is 14.2 Å². The van der Waals surface area contributed by atoms with E-state index in [9.17, 15) is 14.4 Å². The molecule has 7 nitrogen and oxygen atoms in total. The Morgan fingerprint density at radius 2 is 1.00 bits per heavy atom. The third kappa shape index (κ3) is 35.1. The molecule has 0 N–H and O–H groups in total. The molecule has 0 aliphatic rings. The van der Waals surface area contributed by atoms with Gasteiger partial charge in [-0.05, 0) is 95.6 Å². The van der Waals surface area contributed by atoms with Crippen molar-refractivity contribution in [3.63, 3.8) is 0 Å². The van der Waals surface area contributed by atoms with E-state index in [0.717, 1.165) is 141 Å². The van der Waals surface area contributed by atoms with Crippen LogP contribution in [-0.4, -0.2) is 62.8 Å². The summed E-state index contributed by atoms with van der Waals surface area (Å²) in [6.45, 7) is 15.2. The molecular weight excluding hydrogens is 675 g/mol. The van der Waals surface area contributed by atoms with E-state index in [1.807, 2.05) is 12.2 Å². The number of unbranched alkanes of at least 4 members (excludes halogenated alkanes) is 12. The van der Waals surface area contributed by atoms with Crippen LogP contribution in [0, 0.1) is 10.8 Å². The van der Waals surface area contributed by atoms with Crippen molar-refractivity contribution in [1.29, 1.82) is 0 Å². The van der Waals surface area contributed by atoms with Gasteiger partial charge in [-0.15, -0.1) is 0 Å². The minimum Gasteiger partial charge on any atom is -0.463 e. The predicted octanol–water partition coefficient (Wildman–Crippen LogP) is 12.4. The van der Waals surface area contributed by atoms with E-state index in [1.165, 1.54) is 12.2 Å². The summed E-state index contributed by atoms with van der Waals surface area (Å²) in [5, 5.41) is 0. The van der Waals surface area contributed by atoms with Gasteiger partial charge in [0.15, 0.2) is 0 Å². The van der Waals surface area contributed by atoms with Crippen LogP contribution in [0.15, 0.2) is 48.6 Å². The zero-order valence-corrected chi connectivity index (χ0v) is 36.3. The van der Waals surface area contributed by atoms with Gasteiger partial charge in [0.1, 0.15) is 6.10 Å². The number of allylic oxidation sites excluding steroid dienone is 6. The summed E-state index contributed by atoms with van der Waals surface area (Å²) in [5.74, 6) is -0.582. The van der Waals surface area contributed by atoms with Crippen LogP contribution in [-0.2, 0) is 28.6 Å². The van der Waals surface area contributed by atoms with Gasteiger partial charge in [0.25, 0.3) is 0 Å². The highest BCUT2D eigenvalue weighted by Gasteiger charge is 2.32. The first-order valence-electron chi connectivity index (χ1n) is 21.6. The van der Waals surface area contributed by atoms with Gasteiger partial charge < -0.3 is 19.1 Å². The summed E-state index contributed by atoms with van der Waals surface area (Å²) in [6.07, 6.45) is 37.0. The molecule has 0 aromatic carbocycles. The van der Waals surface area contributed by atoms with E-state index in [0.29, 0.717) is 19.6 Å². The Hall–Kier alpha value is -2.67. The summed E-state index contributed by atoms with van der Waals surface area (Å²) in [6, 6.07) is 0. The molecule has 0 amide bonds. The Balaban J connectivity index is 4.57. The zero-order valence-electron chi connectivity index (χ0n) is 36.3. The predicted molar refractivity (Wildman–Crippen MR) is 227 cm³/mol. The van der Waals surface area contributed by atoms with Gasteiger partial charge in [-0.1, -0.05) is 142 Å². The molecular formula is C47H83NO6. The lowest BCUT2D eigenvalue weighted by molar-refractivity contribution is -0.152. The van der Waals surface area contributed by atoms with Gasteiger partial charge in [-0.25, -0.2) is 9.59 Å². The second-order valence-corrected chi connectivity index (χ2v) is 17.0. The third-order valence-corrected chi connectivity index (χ3v) is 9.25. The molecule has 0 fully saturated rings. The van der Waals surface area contributed by atoms with Crippen LogP contribution in [0.5, 0.6) is 0 Å². The van der Waals surface area contributed by atoms with Crippen molar-refractivity contribution in [3.05, 3.63) is 48.6 Å². The SMILES string of the molecule is CCC/C=C\C/C=C\C(=O)OCCCCCCCCC(CCCCCCCCOC(=O)/C=C\C/C=C\CCC)OC(=O)CC(C)(C)CC(C)(C)CN(C)C. The van der Waals surface area contributed by atoms with E-state index < -0.39 is 0 Å². The lowest BCUT2D eigenvalue weighted by Gasteiger charge is -2.36. The van der Waals surface area contributed by atoms with Crippen LogP contribution in [0.25, 0.3) is 0 Å². The highest BCUT2D eigenvalue weighted by atomic mass is 16.5. The van der Waals surface area contributed by atoms with Gasteiger partial charge in [0, 0.05) is 18.7 Å². The molecule has 0 radical (unpaired) electrons. The first-order valence-corrected chi connectivity index (χ1v) is 21.6. The summed E-state index contributed by atoms with van der Waals surface area (Å²) < 4.78 is 16.9. The van der Waals surface area contributed by atoms with Crippen LogP contribution in [0.4, 0.5) is 0 Å². The normalized spacial score (nSPS) is 12.7. The summed E-state index contributed by atoms with van der Waals surface area (Å²) in [7, 11) is 4.20. The lowest BCUT2D eigenvalue weighted by Crippen LogP contribution is -2.34. The van der Waals surface area contributed by atoms with Gasteiger partial charge in [0.2, 0.25) is 0 Å². The summed E-state index contributed by atoms with van der Waals surface area (Å²) >= 11 is 0. The fourth-order valence-corrected chi connectivity index (χ4v) is 7.20. The first kappa shape index (κ1) is 51.3. The zero-order chi connectivity index (χ0) is 40.3. The highest BCUT2D eigenvalue weighted by Crippen LogP contribution is 2.37. The number of hydrogen-bond acceptors (Lipinski definition) is 7. The minimum absolute atomic E-state index is 0.0349. The van der Waals surface area contributed by atoms with Crippen molar-refractivity contribution in [2.45, 2.75) is 189 Å². The number of rotatable bonds is 35. The van der Waals surface area contributed by atoms with E-state index in [1.54, 1.807) is 0 Å². The Bertz CT molecular complexity index is 1010. The Morgan fingerprint density at radius 1 is 0.574 bits per heavy atom. The first-order chi connectivity index (χ1) is 25.8. The number of esters is 3. The Morgan fingerprint density at radius 3 is 1.43 bits per heavy atom. The lowest BCUT2D eigenvalue weighted by atomic mass is 9.73. The molecule has 0 aromatic heterocycles. The highest BCUT2D eigenvalue weighted by molar-refractivity contribution is 5.82. The van der Waals surface area contributed by atoms with Gasteiger partial charge in [-0.2, -0.15) is 0 Å². The van der Waals surface area contributed by atoms with Crippen molar-refractivity contribution in [3.8, 4) is 0 Å². The number of carbonyl (C=O) groups excluding carboxylic acids is 3. The maximum Gasteiger partial charge on any atom is 0.330 e. The fraction of sp³-hybridized carbons (Fsp3) is 0.766. The molecule has 0 heterocycles. The van der Waals surface area contributed by atoms with Crippen LogP contribution >= 0.6 is 0 Å². The molecule has 0 rings (SSSR count). The molecule has 312 valence electrons. The van der Waals surface area contributed by atoms with Crippen molar-refractivity contribution >= 4 is 17.9 Å². The summed E-state index contributed by atoms with van der Waals surface area (Å²) in [5.41, 5.74) is -0.0195. The van der Waals surface area contributed by atoms with Crippen molar-refractivity contribution in [2.75, 3.05) is 33.9 Å². The minimum atomic E-state index is -0.256. The molecule has 0 aromatic rings. The van der Waals surface area contributed by atoms with Crippen LogP contribution < -0.4 is 0 Å². The number of carbonyl (C=O) groups is 3. The van der Waals surface area contributed by atoms with E-state index >= 15 is 0 Å². The van der Waals surface area contributed by atoms with Crippen molar-refractivity contribution < 1.29 is 28.6 Å². The third-order valence-electron chi connectivity index (χ3n) is 9.25. The van der Waals surface area contributed by atoms with Crippen LogP contribution in [0.1, 0.15) is 183 Å². The molecule has 7 heteroatoms. The molecule has 0 saturated carbocycles. The Labute approximate surface area is 332 Å². The van der Waals surface area contributed by atoms with Gasteiger partial charge >= 0.3 is 17.9 Å². The molecule has 0 unspecified atom stereocenters. The molecule has 0 aliphatic heterocycles. The molecule has 0 aliphatic carbocycles. The molecule has 54 heavy (non-hydrogen) atoms. The largest absolute Gasteiger partial charge is 0.463 e. The monoisotopic (exact) mass is 758 g/mol. The maximum absolute atomic E-state index is 13.2. The Kier molecular flexibility index (Phi) is 32.0. The van der Waals surface area contributed by atoms with E-state index in [2.05, 4.69) is 84.8 Å². The smallest absolute Gasteiger partial charge is 0.330 e. The van der Waals surface area contributed by atoms with Crippen LogP contribution in [0.3, 0.4) is 0 Å². The van der Waals surface area contributed by atoms with Crippen LogP contribution in [0.2, 0.25) is 0 Å². The molecule has 0 atom stereocenters. The van der Waals surface area contributed by atoms with E-state index in [-0.39, 0.29) is 34.8 Å². The molecule has 0 saturated heterocycles. The average Bonchev–Trinajstić information content (AvgIpc) is 3.08. The number of ether oxygens (including phenoxy) is 3. The number of hydrogen-bond donors (Lipinski definition) is 0.